The van der Waals surface area contributed by atoms with Gasteiger partial charge in [0.05, 0.1) is 13.2 Å². The largest absolute Gasteiger partial charge is 0.478 e. The fourth-order valence-electron chi connectivity index (χ4n) is 0.920. The standard InChI is InChI=1S/C6H14O6.C6H8O2/c7-1-3(9)5(11)6(12)4(10)2-8;1-2-3-4-5-6(7)8/h3-12H,1-2H2;2-5H,1H3,(H,7,8)/b;3-2+,5-4+/t3-,4-,5-,6-;/m1./s1. The minimum Gasteiger partial charge on any atom is -0.478 e. The number of carboxylic acids is 1. The van der Waals surface area contributed by atoms with Gasteiger partial charge in [0, 0.05) is 6.08 Å². The van der Waals surface area contributed by atoms with Crippen molar-refractivity contribution < 1.29 is 40.5 Å². The van der Waals surface area contributed by atoms with Crippen LogP contribution in [-0.2, 0) is 4.79 Å². The normalized spacial score (nSPS) is 17.4. The predicted molar refractivity (Wildman–Crippen MR) is 69.8 cm³/mol. The molecule has 0 aliphatic heterocycles. The Bertz CT molecular complexity index is 288. The Morgan fingerprint density at radius 2 is 1.35 bits per heavy atom. The van der Waals surface area contributed by atoms with Gasteiger partial charge in [-0.25, -0.2) is 4.79 Å². The molecule has 0 unspecified atom stereocenters. The van der Waals surface area contributed by atoms with Crippen molar-refractivity contribution in [1.82, 2.24) is 0 Å². The van der Waals surface area contributed by atoms with Crippen LogP contribution in [0.1, 0.15) is 6.92 Å². The van der Waals surface area contributed by atoms with Gasteiger partial charge in [0.1, 0.15) is 24.4 Å². The Balaban J connectivity index is 0. The highest BCUT2D eigenvalue weighted by molar-refractivity contribution is 5.80. The zero-order valence-electron chi connectivity index (χ0n) is 11.1. The molecule has 0 radical (unpaired) electrons. The summed E-state index contributed by atoms with van der Waals surface area (Å²) in [7, 11) is 0. The number of carbonyl (C=O) groups is 1. The summed E-state index contributed by atoms with van der Waals surface area (Å²) in [5, 5.41) is 60.2. The van der Waals surface area contributed by atoms with Crippen molar-refractivity contribution in [2.45, 2.75) is 31.3 Å². The zero-order chi connectivity index (χ0) is 16.1. The molecule has 0 aromatic carbocycles. The maximum Gasteiger partial charge on any atom is 0.328 e. The summed E-state index contributed by atoms with van der Waals surface area (Å²) in [6, 6.07) is 0. The average Bonchev–Trinajstić information content (AvgIpc) is 2.44. The Hall–Kier alpha value is -1.29. The minimum atomic E-state index is -1.67. The van der Waals surface area contributed by atoms with E-state index in [-0.39, 0.29) is 0 Å². The summed E-state index contributed by atoms with van der Waals surface area (Å²) in [5.74, 6) is -0.914. The van der Waals surface area contributed by atoms with Crippen LogP contribution in [0.2, 0.25) is 0 Å². The van der Waals surface area contributed by atoms with Crippen LogP contribution in [0.4, 0.5) is 0 Å². The van der Waals surface area contributed by atoms with Crippen LogP contribution in [0.15, 0.2) is 24.3 Å². The van der Waals surface area contributed by atoms with Crippen LogP contribution in [-0.4, -0.2) is 79.3 Å². The summed E-state index contributed by atoms with van der Waals surface area (Å²) in [5.41, 5.74) is 0. The van der Waals surface area contributed by atoms with E-state index in [9.17, 15) is 4.79 Å². The first-order valence-electron chi connectivity index (χ1n) is 5.78. The van der Waals surface area contributed by atoms with Gasteiger partial charge < -0.3 is 35.7 Å². The monoisotopic (exact) mass is 294 g/mol. The Labute approximate surface area is 116 Å². The molecule has 0 amide bonds. The molecule has 8 nitrogen and oxygen atoms in total. The second kappa shape index (κ2) is 12.7. The lowest BCUT2D eigenvalue weighted by Crippen LogP contribution is -2.46. The molecule has 7 N–H and O–H groups in total. The lowest BCUT2D eigenvalue weighted by atomic mass is 10.0. The van der Waals surface area contributed by atoms with Crippen molar-refractivity contribution in [3.05, 3.63) is 24.3 Å². The lowest BCUT2D eigenvalue weighted by Gasteiger charge is -2.24. The van der Waals surface area contributed by atoms with Crippen molar-refractivity contribution in [2.24, 2.45) is 0 Å². The highest BCUT2D eigenvalue weighted by atomic mass is 16.4. The third-order valence-corrected chi connectivity index (χ3v) is 2.05. The molecule has 0 aliphatic carbocycles. The van der Waals surface area contributed by atoms with E-state index in [2.05, 4.69) is 0 Å². The molecule has 0 aromatic heterocycles. The molecular weight excluding hydrogens is 272 g/mol. The molecule has 20 heavy (non-hydrogen) atoms. The van der Waals surface area contributed by atoms with Crippen LogP contribution in [0.3, 0.4) is 0 Å². The van der Waals surface area contributed by atoms with Crippen LogP contribution >= 0.6 is 0 Å². The summed E-state index contributed by atoms with van der Waals surface area (Å²) < 4.78 is 0. The van der Waals surface area contributed by atoms with E-state index in [4.69, 9.17) is 35.7 Å². The number of allylic oxidation sites excluding steroid dienone is 3. The SMILES string of the molecule is C/C=C/C=C/C(=O)O.OC[C@@H](O)[C@@H](O)[C@H](O)[C@H](O)CO. The summed E-state index contributed by atoms with van der Waals surface area (Å²) in [4.78, 5) is 9.75. The van der Waals surface area contributed by atoms with E-state index in [1.54, 1.807) is 12.2 Å². The molecule has 4 atom stereocenters. The number of aliphatic hydroxyl groups is 6. The second-order valence-electron chi connectivity index (χ2n) is 3.70. The fourth-order valence-corrected chi connectivity index (χ4v) is 0.920. The quantitative estimate of drug-likeness (QED) is 0.202. The molecule has 0 heterocycles. The summed E-state index contributed by atoms with van der Waals surface area (Å²) >= 11 is 0. The highest BCUT2D eigenvalue weighted by Gasteiger charge is 2.29. The Kier molecular flexibility index (Phi) is 13.4. The van der Waals surface area contributed by atoms with Gasteiger partial charge in [0.25, 0.3) is 0 Å². The average molecular weight is 294 g/mol. The number of carboxylic acid groups (broad SMARTS) is 1. The second-order valence-corrected chi connectivity index (χ2v) is 3.70. The van der Waals surface area contributed by atoms with E-state index < -0.39 is 43.6 Å². The fraction of sp³-hybridized carbons (Fsp3) is 0.583. The van der Waals surface area contributed by atoms with Crippen molar-refractivity contribution in [3.8, 4) is 0 Å². The van der Waals surface area contributed by atoms with E-state index in [0.717, 1.165) is 6.08 Å². The molecule has 0 saturated heterocycles. The number of rotatable bonds is 7. The van der Waals surface area contributed by atoms with Crippen LogP contribution in [0.5, 0.6) is 0 Å². The van der Waals surface area contributed by atoms with Gasteiger partial charge in [-0.3, -0.25) is 0 Å². The van der Waals surface area contributed by atoms with Gasteiger partial charge in [0.15, 0.2) is 0 Å². The van der Waals surface area contributed by atoms with Gasteiger partial charge in [-0.2, -0.15) is 0 Å². The molecule has 0 bridgehead atoms. The van der Waals surface area contributed by atoms with Gasteiger partial charge in [-0.15, -0.1) is 0 Å². The molecule has 0 aliphatic rings. The number of aliphatic carboxylic acids is 1. The molecule has 0 rings (SSSR count). The third-order valence-electron chi connectivity index (χ3n) is 2.05. The van der Waals surface area contributed by atoms with Crippen molar-refractivity contribution >= 4 is 5.97 Å². The van der Waals surface area contributed by atoms with Crippen LogP contribution in [0.25, 0.3) is 0 Å². The van der Waals surface area contributed by atoms with Crippen LogP contribution in [0, 0.1) is 0 Å². The molecule has 118 valence electrons. The number of hydrogen-bond acceptors (Lipinski definition) is 7. The van der Waals surface area contributed by atoms with Crippen molar-refractivity contribution in [2.75, 3.05) is 13.2 Å². The van der Waals surface area contributed by atoms with Gasteiger partial charge >= 0.3 is 5.97 Å². The molecule has 8 heteroatoms. The first-order valence-corrected chi connectivity index (χ1v) is 5.78. The number of aliphatic hydroxyl groups excluding tert-OH is 6. The van der Waals surface area contributed by atoms with Crippen molar-refractivity contribution in [1.29, 1.82) is 0 Å². The molecule has 0 spiro atoms. The van der Waals surface area contributed by atoms with Crippen LogP contribution < -0.4 is 0 Å². The minimum absolute atomic E-state index is 0.726. The lowest BCUT2D eigenvalue weighted by molar-refractivity contribution is -0.131. The zero-order valence-corrected chi connectivity index (χ0v) is 11.1. The first-order chi connectivity index (χ1) is 9.31. The summed E-state index contributed by atoms with van der Waals surface area (Å²) in [6.45, 7) is 0.374. The van der Waals surface area contributed by atoms with Gasteiger partial charge in [-0.1, -0.05) is 18.2 Å². The van der Waals surface area contributed by atoms with Gasteiger partial charge in [0.2, 0.25) is 0 Å². The molecule has 0 aromatic rings. The van der Waals surface area contributed by atoms with E-state index in [1.165, 1.54) is 6.08 Å². The topological polar surface area (TPSA) is 159 Å². The van der Waals surface area contributed by atoms with E-state index >= 15 is 0 Å². The van der Waals surface area contributed by atoms with Crippen molar-refractivity contribution in [3.63, 3.8) is 0 Å². The highest BCUT2D eigenvalue weighted by Crippen LogP contribution is 2.03. The smallest absolute Gasteiger partial charge is 0.328 e. The molecular formula is C12H22O8. The Morgan fingerprint density at radius 1 is 0.950 bits per heavy atom. The van der Waals surface area contributed by atoms with E-state index in [1.807, 2.05) is 6.92 Å². The third kappa shape index (κ3) is 10.6. The Morgan fingerprint density at radius 3 is 1.60 bits per heavy atom. The summed E-state index contributed by atoms with van der Waals surface area (Å²) in [6.07, 6.45) is -0.410. The van der Waals surface area contributed by atoms with Gasteiger partial charge in [-0.05, 0) is 6.92 Å². The molecule has 0 fully saturated rings. The maximum atomic E-state index is 9.75. The predicted octanol–water partition coefficient (Wildman–Crippen LogP) is -2.38. The first kappa shape index (κ1) is 21.0. The van der Waals surface area contributed by atoms with E-state index in [0.29, 0.717) is 0 Å². The maximum absolute atomic E-state index is 9.75. The molecule has 0 saturated carbocycles. The number of hydrogen-bond donors (Lipinski definition) is 7.